The molecule has 0 unspecified atom stereocenters. The highest BCUT2D eigenvalue weighted by Crippen LogP contribution is 2.36. The van der Waals surface area contributed by atoms with E-state index in [4.69, 9.17) is 0 Å². The van der Waals surface area contributed by atoms with Gasteiger partial charge in [0.15, 0.2) is 0 Å². The second-order valence-electron chi connectivity index (χ2n) is 7.75. The molecular weight excluding hydrogens is 398 g/mol. The summed E-state index contributed by atoms with van der Waals surface area (Å²) in [7, 11) is 0. The van der Waals surface area contributed by atoms with Crippen LogP contribution in [0.5, 0.6) is 0 Å². The number of aryl methyl sites for hydroxylation is 1. The smallest absolute Gasteiger partial charge is 0.253 e. The highest BCUT2D eigenvalue weighted by Gasteiger charge is 2.29. The van der Waals surface area contributed by atoms with Crippen molar-refractivity contribution in [2.24, 2.45) is 0 Å². The average molecular weight is 424 g/mol. The summed E-state index contributed by atoms with van der Waals surface area (Å²) in [6.07, 6.45) is 2.05. The minimum Gasteiger partial charge on any atom is -0.339 e. The molecular formula is C23H25N3O3S. The van der Waals surface area contributed by atoms with Gasteiger partial charge in [-0.3, -0.25) is 14.4 Å². The topological polar surface area (TPSA) is 69.7 Å². The largest absolute Gasteiger partial charge is 0.339 e. The summed E-state index contributed by atoms with van der Waals surface area (Å²) < 4.78 is 0. The van der Waals surface area contributed by atoms with E-state index in [2.05, 4.69) is 5.32 Å². The Morgan fingerprint density at radius 2 is 1.87 bits per heavy atom. The van der Waals surface area contributed by atoms with Crippen molar-refractivity contribution < 1.29 is 14.4 Å². The Morgan fingerprint density at radius 1 is 1.10 bits per heavy atom. The molecule has 2 heterocycles. The van der Waals surface area contributed by atoms with Crippen LogP contribution in [0.2, 0.25) is 0 Å². The maximum Gasteiger partial charge on any atom is 0.253 e. The van der Waals surface area contributed by atoms with Gasteiger partial charge in [0.05, 0.1) is 11.4 Å². The molecule has 0 aromatic heterocycles. The molecule has 0 aliphatic carbocycles. The van der Waals surface area contributed by atoms with Gasteiger partial charge in [-0.1, -0.05) is 12.1 Å². The second kappa shape index (κ2) is 8.52. The van der Waals surface area contributed by atoms with Crippen LogP contribution in [0.15, 0.2) is 41.3 Å². The number of carbonyl (C=O) groups excluding carboxylic acids is 3. The number of hydrogen-bond donors (Lipinski definition) is 1. The summed E-state index contributed by atoms with van der Waals surface area (Å²) in [5.41, 5.74) is 4.04. The Balaban J connectivity index is 1.56. The van der Waals surface area contributed by atoms with Crippen LogP contribution in [0.4, 0.5) is 11.4 Å². The van der Waals surface area contributed by atoms with Crippen molar-refractivity contribution in [1.82, 2.24) is 4.90 Å². The Morgan fingerprint density at radius 3 is 2.63 bits per heavy atom. The van der Waals surface area contributed by atoms with Crippen LogP contribution in [0.25, 0.3) is 0 Å². The van der Waals surface area contributed by atoms with Crippen molar-refractivity contribution in [2.45, 2.75) is 31.6 Å². The molecule has 6 nitrogen and oxygen atoms in total. The first-order valence-electron chi connectivity index (χ1n) is 10.2. The van der Waals surface area contributed by atoms with Gasteiger partial charge in [-0.25, -0.2) is 0 Å². The van der Waals surface area contributed by atoms with Crippen molar-refractivity contribution in [1.29, 1.82) is 0 Å². The molecule has 2 aliphatic rings. The minimum absolute atomic E-state index is 0.0156. The quantitative estimate of drug-likeness (QED) is 0.816. The fourth-order valence-corrected chi connectivity index (χ4v) is 4.75. The molecule has 4 rings (SSSR count). The zero-order chi connectivity index (χ0) is 21.3. The molecule has 0 bridgehead atoms. The third-order valence-corrected chi connectivity index (χ3v) is 6.77. The molecule has 0 spiro atoms. The van der Waals surface area contributed by atoms with E-state index in [1.54, 1.807) is 6.07 Å². The monoisotopic (exact) mass is 423 g/mol. The number of thioether (sulfide) groups is 1. The average Bonchev–Trinajstić information content (AvgIpc) is 3.27. The minimum atomic E-state index is -0.258. The van der Waals surface area contributed by atoms with Crippen LogP contribution in [0, 0.1) is 13.8 Å². The van der Waals surface area contributed by atoms with Crippen LogP contribution < -0.4 is 10.2 Å². The number of carbonyl (C=O) groups is 3. The van der Waals surface area contributed by atoms with Crippen LogP contribution in [0.1, 0.15) is 34.3 Å². The Kier molecular flexibility index (Phi) is 5.81. The first-order valence-corrected chi connectivity index (χ1v) is 11.1. The van der Waals surface area contributed by atoms with E-state index in [-0.39, 0.29) is 30.0 Å². The molecule has 1 saturated heterocycles. The van der Waals surface area contributed by atoms with E-state index in [1.165, 1.54) is 16.7 Å². The van der Waals surface area contributed by atoms with Gasteiger partial charge in [0, 0.05) is 29.2 Å². The lowest BCUT2D eigenvalue weighted by atomic mass is 10.1. The normalized spacial score (nSPS) is 15.9. The van der Waals surface area contributed by atoms with Crippen LogP contribution in [-0.4, -0.2) is 48.0 Å². The maximum absolute atomic E-state index is 12.8. The molecule has 1 N–H and O–H groups in total. The van der Waals surface area contributed by atoms with Crippen LogP contribution in [0.3, 0.4) is 0 Å². The van der Waals surface area contributed by atoms with Crippen molar-refractivity contribution in [3.8, 4) is 0 Å². The molecule has 0 radical (unpaired) electrons. The van der Waals surface area contributed by atoms with E-state index < -0.39 is 0 Å². The number of nitrogens with one attached hydrogen (secondary N) is 1. The number of fused-ring (bicyclic) bond motifs is 1. The summed E-state index contributed by atoms with van der Waals surface area (Å²) in [6.45, 7) is 5.41. The molecule has 2 aromatic rings. The fraction of sp³-hybridized carbons (Fsp3) is 0.348. The molecule has 3 amide bonds. The van der Waals surface area contributed by atoms with Crippen molar-refractivity contribution in [3.63, 3.8) is 0 Å². The summed E-state index contributed by atoms with van der Waals surface area (Å²) in [4.78, 5) is 42.4. The number of amides is 3. The first-order chi connectivity index (χ1) is 14.4. The fourth-order valence-electron chi connectivity index (χ4n) is 3.83. The number of benzene rings is 2. The second-order valence-corrected chi connectivity index (χ2v) is 8.76. The molecule has 156 valence electrons. The predicted octanol–water partition coefficient (Wildman–Crippen LogP) is 3.62. The van der Waals surface area contributed by atoms with Crippen molar-refractivity contribution >= 4 is 40.9 Å². The van der Waals surface area contributed by atoms with Gasteiger partial charge in [0.1, 0.15) is 6.54 Å². The van der Waals surface area contributed by atoms with Crippen molar-refractivity contribution in [2.75, 3.05) is 35.6 Å². The van der Waals surface area contributed by atoms with Crippen LogP contribution in [-0.2, 0) is 9.59 Å². The standard InChI is InChI=1S/C23H25N3O3S/c1-15-6-5-7-18(16(15)2)24-21(27)13-26-19-12-17(23(29)25-10-3-4-11-25)8-9-20(19)30-14-22(26)28/h5-9,12H,3-4,10-11,13-14H2,1-2H3,(H,24,27). The highest BCUT2D eigenvalue weighted by molar-refractivity contribution is 8.00. The zero-order valence-corrected chi connectivity index (χ0v) is 18.1. The zero-order valence-electron chi connectivity index (χ0n) is 17.2. The number of nitrogens with zero attached hydrogens (tertiary/aromatic N) is 2. The summed E-state index contributed by atoms with van der Waals surface area (Å²) in [5.74, 6) is -0.123. The van der Waals surface area contributed by atoms with Gasteiger partial charge < -0.3 is 15.1 Å². The molecule has 7 heteroatoms. The lowest BCUT2D eigenvalue weighted by Crippen LogP contribution is -2.41. The van der Waals surface area contributed by atoms with E-state index in [0.717, 1.165) is 47.6 Å². The summed E-state index contributed by atoms with van der Waals surface area (Å²) in [5, 5.41) is 2.92. The lowest BCUT2D eigenvalue weighted by Gasteiger charge is -2.29. The van der Waals surface area contributed by atoms with E-state index in [9.17, 15) is 14.4 Å². The lowest BCUT2D eigenvalue weighted by molar-refractivity contribution is -0.120. The number of likely N-dealkylation sites (tertiary alicyclic amines) is 1. The molecule has 0 atom stereocenters. The maximum atomic E-state index is 12.8. The molecule has 30 heavy (non-hydrogen) atoms. The van der Waals surface area contributed by atoms with Gasteiger partial charge in [-0.15, -0.1) is 11.8 Å². The Labute approximate surface area is 180 Å². The Bertz CT molecular complexity index is 1010. The molecule has 0 saturated carbocycles. The highest BCUT2D eigenvalue weighted by atomic mass is 32.2. The SMILES string of the molecule is Cc1cccc(NC(=O)CN2C(=O)CSc3ccc(C(=O)N4CCCC4)cc32)c1C. The van der Waals surface area contributed by atoms with Gasteiger partial charge in [0.2, 0.25) is 11.8 Å². The van der Waals surface area contributed by atoms with Crippen molar-refractivity contribution in [3.05, 3.63) is 53.1 Å². The Hall–Kier alpha value is -2.80. The number of rotatable bonds is 4. The number of anilines is 2. The van der Waals surface area contributed by atoms with Crippen LogP contribution >= 0.6 is 11.8 Å². The predicted molar refractivity (Wildman–Crippen MR) is 119 cm³/mol. The number of hydrogen-bond acceptors (Lipinski definition) is 4. The molecule has 1 fully saturated rings. The van der Waals surface area contributed by atoms with Gasteiger partial charge >= 0.3 is 0 Å². The van der Waals surface area contributed by atoms with Gasteiger partial charge in [-0.05, 0) is 62.1 Å². The van der Waals surface area contributed by atoms with Gasteiger partial charge in [-0.2, -0.15) is 0 Å². The summed E-state index contributed by atoms with van der Waals surface area (Å²) >= 11 is 1.44. The van der Waals surface area contributed by atoms with E-state index in [0.29, 0.717) is 11.3 Å². The summed E-state index contributed by atoms with van der Waals surface area (Å²) in [6, 6.07) is 11.2. The van der Waals surface area contributed by atoms with E-state index >= 15 is 0 Å². The third-order valence-electron chi connectivity index (χ3n) is 5.72. The van der Waals surface area contributed by atoms with E-state index in [1.807, 2.05) is 49.1 Å². The van der Waals surface area contributed by atoms with Gasteiger partial charge in [0.25, 0.3) is 5.91 Å². The third kappa shape index (κ3) is 4.07. The molecule has 2 aliphatic heterocycles. The molecule has 2 aromatic carbocycles. The first kappa shape index (κ1) is 20.5.